The molecule has 3 aromatic rings. The quantitative estimate of drug-likeness (QED) is 0.528. The van der Waals surface area contributed by atoms with E-state index in [0.29, 0.717) is 18.4 Å². The first-order valence-electron chi connectivity index (χ1n) is 9.96. The van der Waals surface area contributed by atoms with E-state index in [9.17, 15) is 9.18 Å². The van der Waals surface area contributed by atoms with E-state index < -0.39 is 0 Å². The number of hydrogen-bond donors (Lipinski definition) is 0. The molecule has 0 radical (unpaired) electrons. The molecule has 0 bridgehead atoms. The minimum atomic E-state index is -0.291. The van der Waals surface area contributed by atoms with Gasteiger partial charge in [0, 0.05) is 30.5 Å². The maximum absolute atomic E-state index is 13.0. The Bertz CT molecular complexity index is 998. The molecule has 0 atom stereocenters. The van der Waals surface area contributed by atoms with Gasteiger partial charge in [0.25, 0.3) is 5.56 Å². The molecule has 1 heterocycles. The molecule has 5 nitrogen and oxygen atoms in total. The molecular formula is C24H27FN2O3. The fraction of sp³-hybridized carbons (Fsp3) is 0.292. The number of pyridine rings is 1. The van der Waals surface area contributed by atoms with Crippen LogP contribution in [0.1, 0.15) is 19.4 Å². The van der Waals surface area contributed by atoms with Crippen molar-refractivity contribution in [3.63, 3.8) is 0 Å². The molecule has 158 valence electrons. The fourth-order valence-electron chi connectivity index (χ4n) is 2.78. The van der Waals surface area contributed by atoms with Crippen molar-refractivity contribution in [2.24, 2.45) is 0 Å². The Labute approximate surface area is 176 Å². The van der Waals surface area contributed by atoms with Crippen molar-refractivity contribution in [1.29, 1.82) is 0 Å². The molecule has 0 saturated heterocycles. The lowest BCUT2D eigenvalue weighted by Gasteiger charge is -2.20. The Morgan fingerprint density at radius 2 is 1.67 bits per heavy atom. The van der Waals surface area contributed by atoms with Crippen LogP contribution >= 0.6 is 0 Å². The third kappa shape index (κ3) is 5.94. The van der Waals surface area contributed by atoms with Crippen LogP contribution in [0.5, 0.6) is 11.5 Å². The average molecular weight is 410 g/mol. The zero-order valence-corrected chi connectivity index (χ0v) is 17.5. The number of ether oxygens (including phenoxy) is 2. The van der Waals surface area contributed by atoms with Crippen LogP contribution in [0.3, 0.4) is 0 Å². The van der Waals surface area contributed by atoms with Gasteiger partial charge in [0.15, 0.2) is 0 Å². The summed E-state index contributed by atoms with van der Waals surface area (Å²) in [5.41, 5.74) is 1.38. The smallest absolute Gasteiger partial charge is 0.258 e. The van der Waals surface area contributed by atoms with Gasteiger partial charge in [-0.05, 0) is 68.9 Å². The van der Waals surface area contributed by atoms with E-state index in [4.69, 9.17) is 9.47 Å². The zero-order chi connectivity index (χ0) is 21.5. The van der Waals surface area contributed by atoms with E-state index in [2.05, 4.69) is 25.8 Å². The van der Waals surface area contributed by atoms with Gasteiger partial charge in [-0.3, -0.25) is 9.36 Å². The van der Waals surface area contributed by atoms with Crippen LogP contribution in [0.25, 0.3) is 5.69 Å². The number of aromatic nitrogens is 1. The first-order valence-corrected chi connectivity index (χ1v) is 9.96. The van der Waals surface area contributed by atoms with Gasteiger partial charge < -0.3 is 14.4 Å². The second-order valence-electron chi connectivity index (χ2n) is 7.40. The Morgan fingerprint density at radius 3 is 2.30 bits per heavy atom. The molecule has 3 rings (SSSR count). The Kier molecular flexibility index (Phi) is 7.25. The molecule has 0 N–H and O–H groups in total. The van der Waals surface area contributed by atoms with E-state index in [1.165, 1.54) is 18.2 Å². The molecule has 1 aromatic heterocycles. The summed E-state index contributed by atoms with van der Waals surface area (Å²) >= 11 is 0. The highest BCUT2D eigenvalue weighted by atomic mass is 19.1. The molecule has 0 saturated carbocycles. The van der Waals surface area contributed by atoms with Gasteiger partial charge >= 0.3 is 0 Å². The van der Waals surface area contributed by atoms with E-state index in [-0.39, 0.29) is 18.0 Å². The van der Waals surface area contributed by atoms with Crippen molar-refractivity contribution in [3.05, 3.63) is 88.6 Å². The minimum absolute atomic E-state index is 0.196. The summed E-state index contributed by atoms with van der Waals surface area (Å²) in [5.74, 6) is 0.943. The maximum atomic E-state index is 13.0. The first kappa shape index (κ1) is 21.6. The van der Waals surface area contributed by atoms with Gasteiger partial charge in [0.1, 0.15) is 30.5 Å². The van der Waals surface area contributed by atoms with Crippen LogP contribution in [0.4, 0.5) is 4.39 Å². The predicted molar refractivity (Wildman–Crippen MR) is 116 cm³/mol. The molecule has 6 heteroatoms. The lowest BCUT2D eigenvalue weighted by molar-refractivity contribution is 0.208. The van der Waals surface area contributed by atoms with Crippen LogP contribution in [-0.4, -0.2) is 35.7 Å². The van der Waals surface area contributed by atoms with Gasteiger partial charge in [-0.1, -0.05) is 12.1 Å². The lowest BCUT2D eigenvalue weighted by Crippen LogP contribution is -2.30. The van der Waals surface area contributed by atoms with Crippen molar-refractivity contribution < 1.29 is 13.9 Å². The van der Waals surface area contributed by atoms with E-state index >= 15 is 0 Å². The molecule has 2 aromatic carbocycles. The van der Waals surface area contributed by atoms with Crippen LogP contribution < -0.4 is 15.0 Å². The van der Waals surface area contributed by atoms with Crippen LogP contribution in [0.15, 0.2) is 71.7 Å². The number of hydrogen-bond acceptors (Lipinski definition) is 4. The van der Waals surface area contributed by atoms with Crippen molar-refractivity contribution in [2.45, 2.75) is 26.5 Å². The molecule has 0 amide bonds. The highest BCUT2D eigenvalue weighted by Crippen LogP contribution is 2.16. The number of halogens is 1. The summed E-state index contributed by atoms with van der Waals surface area (Å²) in [6, 6.07) is 17.1. The van der Waals surface area contributed by atoms with Crippen molar-refractivity contribution in [1.82, 2.24) is 9.47 Å². The van der Waals surface area contributed by atoms with E-state index in [0.717, 1.165) is 23.5 Å². The topological polar surface area (TPSA) is 43.7 Å². The van der Waals surface area contributed by atoms with Gasteiger partial charge in [-0.25, -0.2) is 4.39 Å². The minimum Gasteiger partial charge on any atom is -0.492 e. The summed E-state index contributed by atoms with van der Waals surface area (Å²) in [7, 11) is 2.07. The summed E-state index contributed by atoms with van der Waals surface area (Å²) in [6.07, 6.45) is 1.68. The molecule has 0 aliphatic carbocycles. The number of benzene rings is 2. The molecular weight excluding hydrogens is 383 g/mol. The molecule has 0 aliphatic rings. The fourth-order valence-corrected chi connectivity index (χ4v) is 2.78. The summed E-state index contributed by atoms with van der Waals surface area (Å²) in [5, 5.41) is 0. The summed E-state index contributed by atoms with van der Waals surface area (Å²) < 4.78 is 25.9. The molecule has 0 spiro atoms. The van der Waals surface area contributed by atoms with Gasteiger partial charge in [-0.15, -0.1) is 0 Å². The summed E-state index contributed by atoms with van der Waals surface area (Å²) in [6.45, 7) is 6.01. The van der Waals surface area contributed by atoms with Crippen molar-refractivity contribution in [2.75, 3.05) is 20.2 Å². The van der Waals surface area contributed by atoms with Gasteiger partial charge in [0.2, 0.25) is 0 Å². The Morgan fingerprint density at radius 1 is 0.967 bits per heavy atom. The standard InChI is InChI=1S/C24H27FN2O3/c1-18(2)26(3)14-15-29-22-10-8-21(9-11-22)27-13-12-23(16-24(27)28)30-17-19-4-6-20(25)7-5-19/h4-13,16,18H,14-15,17H2,1-3H3. The SMILES string of the molecule is CC(C)N(C)CCOc1ccc(-n2ccc(OCc3ccc(F)cc3)cc2=O)cc1. The van der Waals surface area contributed by atoms with Gasteiger partial charge in [0.05, 0.1) is 0 Å². The predicted octanol–water partition coefficient (Wildman–Crippen LogP) is 4.27. The maximum Gasteiger partial charge on any atom is 0.258 e. The third-order valence-electron chi connectivity index (χ3n) is 4.92. The second kappa shape index (κ2) is 10.1. The summed E-state index contributed by atoms with van der Waals surface area (Å²) in [4.78, 5) is 14.7. The second-order valence-corrected chi connectivity index (χ2v) is 7.40. The van der Waals surface area contributed by atoms with Crippen LogP contribution in [0, 0.1) is 5.82 Å². The number of likely N-dealkylation sites (N-methyl/N-ethyl adjacent to an activating group) is 1. The molecule has 0 unspecified atom stereocenters. The van der Waals surface area contributed by atoms with Gasteiger partial charge in [-0.2, -0.15) is 0 Å². The highest BCUT2D eigenvalue weighted by molar-refractivity contribution is 5.38. The zero-order valence-electron chi connectivity index (χ0n) is 17.5. The third-order valence-corrected chi connectivity index (χ3v) is 4.92. The highest BCUT2D eigenvalue weighted by Gasteiger charge is 2.05. The van der Waals surface area contributed by atoms with Crippen molar-refractivity contribution in [3.8, 4) is 17.2 Å². The van der Waals surface area contributed by atoms with Crippen molar-refractivity contribution >= 4 is 0 Å². The normalized spacial score (nSPS) is 11.1. The van der Waals surface area contributed by atoms with E-state index in [1.54, 1.807) is 29.0 Å². The van der Waals surface area contributed by atoms with E-state index in [1.807, 2.05) is 24.3 Å². The molecule has 30 heavy (non-hydrogen) atoms. The number of nitrogens with zero attached hydrogens (tertiary/aromatic N) is 2. The first-order chi connectivity index (χ1) is 14.4. The van der Waals surface area contributed by atoms with Crippen LogP contribution in [0.2, 0.25) is 0 Å². The Hall–Kier alpha value is -3.12. The average Bonchev–Trinajstić information content (AvgIpc) is 2.74. The number of rotatable bonds is 9. The molecule has 0 aliphatic heterocycles. The monoisotopic (exact) mass is 410 g/mol. The lowest BCUT2D eigenvalue weighted by atomic mass is 10.2. The Balaban J connectivity index is 1.59. The largest absolute Gasteiger partial charge is 0.492 e. The van der Waals surface area contributed by atoms with Crippen LogP contribution in [-0.2, 0) is 6.61 Å². The molecule has 0 fully saturated rings.